The van der Waals surface area contributed by atoms with Gasteiger partial charge in [0.05, 0.1) is 13.1 Å². The summed E-state index contributed by atoms with van der Waals surface area (Å²) in [6.45, 7) is 7.67. The Balaban J connectivity index is 2.21. The van der Waals surface area contributed by atoms with E-state index in [1.54, 1.807) is 0 Å². The lowest BCUT2D eigenvalue weighted by Crippen LogP contribution is -2.50. The monoisotopic (exact) mass is 209 g/mol. The van der Waals surface area contributed by atoms with Gasteiger partial charge in [0.25, 0.3) is 0 Å². The quantitative estimate of drug-likeness (QED) is 0.495. The first-order valence-corrected chi connectivity index (χ1v) is 5.42. The molecule has 1 rings (SSSR count). The molecule has 0 bridgehead atoms. The predicted octanol–water partition coefficient (Wildman–Crippen LogP) is -0.627. The molecule has 0 aromatic heterocycles. The third kappa shape index (κ3) is 3.90. The molecule has 0 aromatic carbocycles. The number of terminal acetylenes is 1. The molecule has 0 unspecified atom stereocenters. The lowest BCUT2D eigenvalue weighted by molar-refractivity contribution is -0.131. The van der Waals surface area contributed by atoms with Crippen LogP contribution < -0.4 is 5.32 Å². The van der Waals surface area contributed by atoms with Crippen LogP contribution in [-0.2, 0) is 4.79 Å². The number of nitrogens with one attached hydrogen (secondary N) is 1. The highest BCUT2D eigenvalue weighted by Gasteiger charge is 2.19. The minimum Gasteiger partial charge on any atom is -0.339 e. The van der Waals surface area contributed by atoms with Crippen molar-refractivity contribution in [2.75, 3.05) is 45.8 Å². The van der Waals surface area contributed by atoms with Gasteiger partial charge in [-0.1, -0.05) is 12.8 Å². The molecule has 1 fully saturated rings. The van der Waals surface area contributed by atoms with Gasteiger partial charge in [-0.15, -0.1) is 6.42 Å². The zero-order chi connectivity index (χ0) is 11.1. The highest BCUT2D eigenvalue weighted by molar-refractivity contribution is 5.78. The van der Waals surface area contributed by atoms with Crippen molar-refractivity contribution in [3.8, 4) is 12.3 Å². The second-order valence-electron chi connectivity index (χ2n) is 3.62. The largest absolute Gasteiger partial charge is 0.339 e. The van der Waals surface area contributed by atoms with Crippen LogP contribution in [0.5, 0.6) is 0 Å². The van der Waals surface area contributed by atoms with E-state index < -0.39 is 0 Å². The van der Waals surface area contributed by atoms with Crippen LogP contribution in [0.4, 0.5) is 0 Å². The molecular formula is C11H19N3O. The fourth-order valence-corrected chi connectivity index (χ4v) is 1.67. The standard InChI is InChI=1S/C11H19N3O/c1-3-5-12-10-11(15)14-8-6-13(4-2)7-9-14/h1,12H,4-10H2,2H3. The number of hydrogen-bond donors (Lipinski definition) is 1. The van der Waals surface area contributed by atoms with Crippen molar-refractivity contribution < 1.29 is 4.79 Å². The van der Waals surface area contributed by atoms with Gasteiger partial charge in [-0.3, -0.25) is 10.1 Å². The molecule has 1 heterocycles. The van der Waals surface area contributed by atoms with E-state index in [1.165, 1.54) is 0 Å². The van der Waals surface area contributed by atoms with Crippen LogP contribution in [0.25, 0.3) is 0 Å². The maximum Gasteiger partial charge on any atom is 0.236 e. The average molecular weight is 209 g/mol. The molecule has 84 valence electrons. The average Bonchev–Trinajstić information content (AvgIpc) is 2.29. The number of rotatable bonds is 4. The van der Waals surface area contributed by atoms with Crippen LogP contribution in [0.3, 0.4) is 0 Å². The molecule has 1 aliphatic rings. The maximum atomic E-state index is 11.6. The fraction of sp³-hybridized carbons (Fsp3) is 0.727. The first-order chi connectivity index (χ1) is 7.27. The van der Waals surface area contributed by atoms with Crippen LogP contribution in [0.15, 0.2) is 0 Å². The number of carbonyl (C=O) groups is 1. The molecule has 0 spiro atoms. The summed E-state index contributed by atoms with van der Waals surface area (Å²) < 4.78 is 0. The first-order valence-electron chi connectivity index (χ1n) is 5.42. The number of hydrogen-bond acceptors (Lipinski definition) is 3. The summed E-state index contributed by atoms with van der Waals surface area (Å²) in [4.78, 5) is 15.9. The van der Waals surface area contributed by atoms with E-state index >= 15 is 0 Å². The number of piperazine rings is 1. The first kappa shape index (κ1) is 12.0. The van der Waals surface area contributed by atoms with E-state index in [-0.39, 0.29) is 5.91 Å². The molecule has 0 atom stereocenters. The van der Waals surface area contributed by atoms with Crippen LogP contribution in [0, 0.1) is 12.3 Å². The van der Waals surface area contributed by atoms with E-state index in [4.69, 9.17) is 6.42 Å². The molecule has 15 heavy (non-hydrogen) atoms. The molecule has 0 radical (unpaired) electrons. The summed E-state index contributed by atoms with van der Waals surface area (Å²) >= 11 is 0. The van der Waals surface area contributed by atoms with E-state index in [1.807, 2.05) is 4.90 Å². The van der Waals surface area contributed by atoms with Crippen LogP contribution in [0.1, 0.15) is 6.92 Å². The lowest BCUT2D eigenvalue weighted by Gasteiger charge is -2.34. The van der Waals surface area contributed by atoms with Gasteiger partial charge in [-0.2, -0.15) is 0 Å². The second kappa shape index (κ2) is 6.44. The SMILES string of the molecule is C#CCNCC(=O)N1CCN(CC)CC1. The molecule has 4 heteroatoms. The van der Waals surface area contributed by atoms with Gasteiger partial charge in [-0.05, 0) is 6.54 Å². The molecule has 1 saturated heterocycles. The van der Waals surface area contributed by atoms with Gasteiger partial charge < -0.3 is 9.80 Å². The van der Waals surface area contributed by atoms with Crippen molar-refractivity contribution in [1.29, 1.82) is 0 Å². The molecule has 0 aromatic rings. The summed E-state index contributed by atoms with van der Waals surface area (Å²) in [6, 6.07) is 0. The normalized spacial score (nSPS) is 17.5. The predicted molar refractivity (Wildman–Crippen MR) is 60.4 cm³/mol. The number of nitrogens with zero attached hydrogens (tertiary/aromatic N) is 2. The smallest absolute Gasteiger partial charge is 0.236 e. The highest BCUT2D eigenvalue weighted by atomic mass is 16.2. The molecule has 1 N–H and O–H groups in total. The zero-order valence-corrected chi connectivity index (χ0v) is 9.33. The minimum absolute atomic E-state index is 0.154. The third-order valence-corrected chi connectivity index (χ3v) is 2.68. The second-order valence-corrected chi connectivity index (χ2v) is 3.62. The fourth-order valence-electron chi connectivity index (χ4n) is 1.67. The van der Waals surface area contributed by atoms with E-state index in [2.05, 4.69) is 23.1 Å². The lowest BCUT2D eigenvalue weighted by atomic mass is 10.3. The summed E-state index contributed by atoms with van der Waals surface area (Å²) in [5, 5.41) is 2.92. The van der Waals surface area contributed by atoms with Crippen molar-refractivity contribution >= 4 is 5.91 Å². The molecule has 1 amide bonds. The van der Waals surface area contributed by atoms with Gasteiger partial charge >= 0.3 is 0 Å². The van der Waals surface area contributed by atoms with Crippen LogP contribution in [-0.4, -0.2) is 61.5 Å². The van der Waals surface area contributed by atoms with Gasteiger partial charge in [0, 0.05) is 26.2 Å². The highest BCUT2D eigenvalue weighted by Crippen LogP contribution is 2.00. The molecule has 0 saturated carbocycles. The number of amides is 1. The summed E-state index contributed by atoms with van der Waals surface area (Å²) in [7, 11) is 0. The van der Waals surface area contributed by atoms with Gasteiger partial charge in [0.15, 0.2) is 0 Å². The minimum atomic E-state index is 0.154. The van der Waals surface area contributed by atoms with Crippen molar-refractivity contribution in [3.63, 3.8) is 0 Å². The van der Waals surface area contributed by atoms with E-state index in [0.29, 0.717) is 13.1 Å². The van der Waals surface area contributed by atoms with Gasteiger partial charge in [0.1, 0.15) is 0 Å². The topological polar surface area (TPSA) is 35.6 Å². The van der Waals surface area contributed by atoms with Gasteiger partial charge in [-0.25, -0.2) is 0 Å². The molecule has 0 aliphatic carbocycles. The zero-order valence-electron chi connectivity index (χ0n) is 9.33. The van der Waals surface area contributed by atoms with Crippen LogP contribution >= 0.6 is 0 Å². The van der Waals surface area contributed by atoms with E-state index in [0.717, 1.165) is 32.7 Å². The van der Waals surface area contributed by atoms with Crippen molar-refractivity contribution in [2.24, 2.45) is 0 Å². The molecular weight excluding hydrogens is 190 g/mol. The molecule has 1 aliphatic heterocycles. The summed E-state index contributed by atoms with van der Waals surface area (Å²) in [5.74, 6) is 2.61. The Morgan fingerprint density at radius 1 is 1.40 bits per heavy atom. The van der Waals surface area contributed by atoms with Gasteiger partial charge in [0.2, 0.25) is 5.91 Å². The maximum absolute atomic E-state index is 11.6. The van der Waals surface area contributed by atoms with E-state index in [9.17, 15) is 4.79 Å². The van der Waals surface area contributed by atoms with Crippen molar-refractivity contribution in [1.82, 2.24) is 15.1 Å². The Hall–Kier alpha value is -1.05. The Bertz CT molecular complexity index is 239. The Kier molecular flexibility index (Phi) is 5.16. The van der Waals surface area contributed by atoms with Crippen molar-refractivity contribution in [3.05, 3.63) is 0 Å². The Morgan fingerprint density at radius 2 is 2.07 bits per heavy atom. The summed E-state index contributed by atoms with van der Waals surface area (Å²) in [6.07, 6.45) is 5.09. The number of likely N-dealkylation sites (N-methyl/N-ethyl adjacent to an activating group) is 1. The Morgan fingerprint density at radius 3 is 2.60 bits per heavy atom. The summed E-state index contributed by atoms with van der Waals surface area (Å²) in [5.41, 5.74) is 0. The number of carbonyl (C=O) groups excluding carboxylic acids is 1. The third-order valence-electron chi connectivity index (χ3n) is 2.68. The van der Waals surface area contributed by atoms with Crippen LogP contribution in [0.2, 0.25) is 0 Å². The molecule has 4 nitrogen and oxygen atoms in total. The van der Waals surface area contributed by atoms with Crippen molar-refractivity contribution in [2.45, 2.75) is 6.92 Å². The Labute approximate surface area is 91.6 Å².